The van der Waals surface area contributed by atoms with Crippen molar-refractivity contribution in [2.75, 3.05) is 25.0 Å². The minimum Gasteiger partial charge on any atom is -0.395 e. The van der Waals surface area contributed by atoms with E-state index in [1.54, 1.807) is 0 Å². The van der Waals surface area contributed by atoms with Crippen molar-refractivity contribution in [3.63, 3.8) is 0 Å². The number of alkyl halides is 1. The minimum atomic E-state index is -0.308. The molecule has 3 nitrogen and oxygen atoms in total. The molecule has 0 spiro atoms. The molecule has 2 N–H and O–H groups in total. The molecule has 1 fully saturated rings. The van der Waals surface area contributed by atoms with Crippen LogP contribution in [0.5, 0.6) is 0 Å². The third kappa shape index (κ3) is 2.69. The van der Waals surface area contributed by atoms with Gasteiger partial charge < -0.3 is 10.2 Å². The third-order valence-electron chi connectivity index (χ3n) is 2.33. The molecule has 1 aliphatic rings. The van der Waals surface area contributed by atoms with Crippen LogP contribution in [0.3, 0.4) is 0 Å². The monoisotopic (exact) mass is 237 g/mol. The first kappa shape index (κ1) is 10.4. The minimum absolute atomic E-state index is 0.217. The smallest absolute Gasteiger partial charge is 0.0763 e. The molecule has 0 amide bonds. The number of β-amino-alcohol motifs (C(OH)–C–C–N with tert-alkyl or cyclic N) is 1. The van der Waals surface area contributed by atoms with Crippen molar-refractivity contribution in [3.05, 3.63) is 0 Å². The fourth-order valence-corrected chi connectivity index (χ4v) is 1.87. The summed E-state index contributed by atoms with van der Waals surface area (Å²) in [5.41, 5.74) is 0. The number of nitrogens with zero attached hydrogens (tertiary/aromatic N) is 1. The molecule has 2 atom stereocenters. The fraction of sp³-hybridized carbons (Fsp3) is 1.00. The number of rotatable bonds is 4. The second-order valence-corrected chi connectivity index (χ2v) is 3.93. The maximum Gasteiger partial charge on any atom is 0.0763 e. The predicted octanol–water partition coefficient (Wildman–Crippen LogP) is 0.199. The average molecular weight is 238 g/mol. The number of aliphatic hydroxyl groups is 2. The van der Waals surface area contributed by atoms with Gasteiger partial charge in [0.15, 0.2) is 0 Å². The van der Waals surface area contributed by atoms with Gasteiger partial charge in [-0.3, -0.25) is 4.90 Å². The van der Waals surface area contributed by atoms with E-state index in [-0.39, 0.29) is 18.8 Å². The highest BCUT2D eigenvalue weighted by Crippen LogP contribution is 2.16. The summed E-state index contributed by atoms with van der Waals surface area (Å²) in [5, 5.41) is 19.0. The fourth-order valence-electron chi connectivity index (χ4n) is 1.66. The molecule has 0 bridgehead atoms. The van der Waals surface area contributed by atoms with Gasteiger partial charge in [0.2, 0.25) is 0 Å². The summed E-state index contributed by atoms with van der Waals surface area (Å²) in [6.45, 7) is 1.90. The normalized spacial score (nSPS) is 27.8. The summed E-state index contributed by atoms with van der Waals surface area (Å²) in [6, 6.07) is 0.277. The summed E-state index contributed by atoms with van der Waals surface area (Å²) in [6.07, 6.45) is 1.89. The quantitative estimate of drug-likeness (QED) is 0.687. The second-order valence-electron chi connectivity index (χ2n) is 3.28. The van der Waals surface area contributed by atoms with E-state index in [2.05, 4.69) is 20.8 Å². The molecule has 4 heteroatoms. The molecule has 1 heterocycles. The van der Waals surface area contributed by atoms with Gasteiger partial charge in [0.1, 0.15) is 0 Å². The molecule has 1 rings (SSSR count). The van der Waals surface area contributed by atoms with E-state index in [1.165, 1.54) is 0 Å². The highest BCUT2D eigenvalue weighted by molar-refractivity contribution is 9.09. The molecular formula is C8H16BrNO2. The molecule has 0 aromatic rings. The van der Waals surface area contributed by atoms with Gasteiger partial charge in [-0.2, -0.15) is 0 Å². The molecule has 0 aromatic heterocycles. The van der Waals surface area contributed by atoms with Gasteiger partial charge in [0.25, 0.3) is 0 Å². The van der Waals surface area contributed by atoms with Gasteiger partial charge in [-0.05, 0) is 19.4 Å². The Balaban J connectivity index is 2.30. The topological polar surface area (TPSA) is 43.7 Å². The van der Waals surface area contributed by atoms with Crippen molar-refractivity contribution in [3.8, 4) is 0 Å². The zero-order valence-electron chi connectivity index (χ0n) is 7.12. The van der Waals surface area contributed by atoms with Gasteiger partial charge in [-0.15, -0.1) is 0 Å². The Labute approximate surface area is 81.5 Å². The zero-order chi connectivity index (χ0) is 8.97. The highest BCUT2D eigenvalue weighted by Gasteiger charge is 2.24. The van der Waals surface area contributed by atoms with Gasteiger partial charge >= 0.3 is 0 Å². The molecule has 0 aliphatic carbocycles. The lowest BCUT2D eigenvalue weighted by atomic mass is 10.2. The number of hydrogen-bond acceptors (Lipinski definition) is 3. The standard InChI is InChI=1S/C8H16BrNO2/c9-4-8(12)5-10-3-1-2-7(10)6-11/h7-8,11-12H,1-6H2. The van der Waals surface area contributed by atoms with Crippen LogP contribution < -0.4 is 0 Å². The molecule has 0 saturated carbocycles. The lowest BCUT2D eigenvalue weighted by Crippen LogP contribution is -2.38. The zero-order valence-corrected chi connectivity index (χ0v) is 8.70. The predicted molar refractivity (Wildman–Crippen MR) is 51.5 cm³/mol. The number of hydrogen-bond donors (Lipinski definition) is 2. The Bertz CT molecular complexity index is 134. The van der Waals surface area contributed by atoms with Crippen LogP contribution in [-0.4, -0.2) is 52.3 Å². The first-order valence-electron chi connectivity index (χ1n) is 4.37. The molecule has 72 valence electrons. The van der Waals surface area contributed by atoms with Gasteiger partial charge in [-0.25, -0.2) is 0 Å². The van der Waals surface area contributed by atoms with E-state index in [1.807, 2.05) is 0 Å². The second kappa shape index (κ2) is 5.17. The molecule has 0 aromatic carbocycles. The third-order valence-corrected chi connectivity index (χ3v) is 3.08. The van der Waals surface area contributed by atoms with E-state index in [0.29, 0.717) is 11.9 Å². The molecule has 2 unspecified atom stereocenters. The summed E-state index contributed by atoms with van der Waals surface area (Å²) < 4.78 is 0. The Morgan fingerprint density at radius 3 is 2.92 bits per heavy atom. The van der Waals surface area contributed by atoms with Gasteiger partial charge in [0.05, 0.1) is 12.7 Å². The summed E-state index contributed by atoms with van der Waals surface area (Å²) in [4.78, 5) is 2.16. The van der Waals surface area contributed by atoms with Crippen molar-refractivity contribution in [1.82, 2.24) is 4.90 Å². The summed E-state index contributed by atoms with van der Waals surface area (Å²) in [5.74, 6) is 0. The Kier molecular flexibility index (Phi) is 4.50. The van der Waals surface area contributed by atoms with E-state index < -0.39 is 0 Å². The van der Waals surface area contributed by atoms with Crippen molar-refractivity contribution in [1.29, 1.82) is 0 Å². The van der Waals surface area contributed by atoms with Crippen LogP contribution in [0.25, 0.3) is 0 Å². The summed E-state index contributed by atoms with van der Waals surface area (Å²) >= 11 is 3.22. The van der Waals surface area contributed by atoms with E-state index in [4.69, 9.17) is 5.11 Å². The molecular weight excluding hydrogens is 222 g/mol. The first-order valence-corrected chi connectivity index (χ1v) is 5.49. The SMILES string of the molecule is OCC1CCCN1CC(O)CBr. The molecule has 1 aliphatic heterocycles. The molecule has 1 saturated heterocycles. The first-order chi connectivity index (χ1) is 5.77. The van der Waals surface area contributed by atoms with Crippen LogP contribution in [-0.2, 0) is 0 Å². The largest absolute Gasteiger partial charge is 0.395 e. The van der Waals surface area contributed by atoms with Gasteiger partial charge in [-0.1, -0.05) is 15.9 Å². The lowest BCUT2D eigenvalue weighted by molar-refractivity contribution is 0.0976. The van der Waals surface area contributed by atoms with Crippen LogP contribution in [0.4, 0.5) is 0 Å². The Hall–Kier alpha value is 0.360. The number of likely N-dealkylation sites (tertiary alicyclic amines) is 1. The molecule has 0 radical (unpaired) electrons. The van der Waals surface area contributed by atoms with Crippen LogP contribution >= 0.6 is 15.9 Å². The Morgan fingerprint density at radius 2 is 2.33 bits per heavy atom. The van der Waals surface area contributed by atoms with Crippen molar-refractivity contribution >= 4 is 15.9 Å². The lowest BCUT2D eigenvalue weighted by Gasteiger charge is -2.24. The summed E-state index contributed by atoms with van der Waals surface area (Å²) in [7, 11) is 0. The van der Waals surface area contributed by atoms with Gasteiger partial charge in [0, 0.05) is 17.9 Å². The van der Waals surface area contributed by atoms with Crippen LogP contribution in [0.2, 0.25) is 0 Å². The highest BCUT2D eigenvalue weighted by atomic mass is 79.9. The van der Waals surface area contributed by atoms with E-state index in [0.717, 1.165) is 19.4 Å². The Morgan fingerprint density at radius 1 is 1.58 bits per heavy atom. The molecule has 12 heavy (non-hydrogen) atoms. The van der Waals surface area contributed by atoms with Crippen molar-refractivity contribution in [2.45, 2.75) is 25.0 Å². The maximum atomic E-state index is 9.36. The maximum absolute atomic E-state index is 9.36. The van der Waals surface area contributed by atoms with Crippen LogP contribution in [0.1, 0.15) is 12.8 Å². The van der Waals surface area contributed by atoms with Crippen molar-refractivity contribution < 1.29 is 10.2 Å². The average Bonchev–Trinajstić information content (AvgIpc) is 2.51. The van der Waals surface area contributed by atoms with Crippen LogP contribution in [0.15, 0.2) is 0 Å². The number of aliphatic hydroxyl groups excluding tert-OH is 2. The van der Waals surface area contributed by atoms with Crippen LogP contribution in [0, 0.1) is 0 Å². The van der Waals surface area contributed by atoms with E-state index in [9.17, 15) is 5.11 Å². The number of halogens is 1. The van der Waals surface area contributed by atoms with E-state index >= 15 is 0 Å². The van der Waals surface area contributed by atoms with Crippen molar-refractivity contribution in [2.24, 2.45) is 0 Å².